The number of nitrogens with zero attached hydrogens (tertiary/aromatic N) is 5. The van der Waals surface area contributed by atoms with Crippen LogP contribution >= 0.6 is 11.3 Å². The smallest absolute Gasteiger partial charge is 0.155 e. The molecule has 156 valence electrons. The van der Waals surface area contributed by atoms with E-state index in [1.54, 1.807) is 11.3 Å². The van der Waals surface area contributed by atoms with Gasteiger partial charge in [-0.15, -0.1) is 11.3 Å². The average molecular weight is 438 g/mol. The van der Waals surface area contributed by atoms with E-state index in [0.29, 0.717) is 0 Å². The largest absolute Gasteiger partial charge is 0.376 e. The number of aromatic nitrogens is 6. The van der Waals surface area contributed by atoms with Crippen molar-refractivity contribution in [1.82, 2.24) is 30.1 Å². The van der Waals surface area contributed by atoms with E-state index in [2.05, 4.69) is 59.8 Å². The number of nitrogens with one attached hydrogen (secondary N) is 2. The van der Waals surface area contributed by atoms with Gasteiger partial charge in [-0.1, -0.05) is 6.07 Å². The van der Waals surface area contributed by atoms with E-state index >= 15 is 0 Å². The fourth-order valence-electron chi connectivity index (χ4n) is 3.89. The molecule has 6 heterocycles. The van der Waals surface area contributed by atoms with Crippen molar-refractivity contribution in [3.8, 4) is 33.1 Å². The Balaban J connectivity index is 1.49. The predicted molar refractivity (Wildman–Crippen MR) is 130 cm³/mol. The van der Waals surface area contributed by atoms with E-state index in [9.17, 15) is 0 Å². The highest BCUT2D eigenvalue weighted by molar-refractivity contribution is 7.13. The number of fused-ring (bicyclic) bond motifs is 2. The third-order valence-electron chi connectivity index (χ3n) is 5.55. The van der Waals surface area contributed by atoms with Crippen LogP contribution in [0.1, 0.15) is 0 Å². The summed E-state index contributed by atoms with van der Waals surface area (Å²) in [6, 6.07) is 12.5. The molecule has 0 aliphatic carbocycles. The van der Waals surface area contributed by atoms with Crippen molar-refractivity contribution in [3.05, 3.63) is 66.6 Å². The molecular weight excluding hydrogens is 418 g/mol. The highest BCUT2D eigenvalue weighted by Crippen LogP contribution is 2.35. The Morgan fingerprint density at radius 2 is 1.81 bits per heavy atom. The van der Waals surface area contributed by atoms with Gasteiger partial charge in [-0.25, -0.2) is 4.98 Å². The Morgan fingerprint density at radius 3 is 2.66 bits per heavy atom. The topological polar surface area (TPSA) is 86.4 Å². The molecule has 0 saturated carbocycles. The van der Waals surface area contributed by atoms with Crippen LogP contribution in [-0.2, 0) is 0 Å². The van der Waals surface area contributed by atoms with Crippen LogP contribution in [0.25, 0.3) is 55.0 Å². The molecule has 0 amide bonds. The standard InChI is InChI=1S/C24H19N7S/c1-31(2)16-8-14(11-25-13-16)15-9-18-22(29-30-24(18)27-12-15)20-10-17-19(28-20)5-6-26-23(17)21-4-3-7-32-21/h3-13,28H,1-2H3,(H,27,29,30). The van der Waals surface area contributed by atoms with E-state index < -0.39 is 0 Å². The van der Waals surface area contributed by atoms with E-state index in [1.165, 1.54) is 0 Å². The number of aromatic amines is 2. The maximum atomic E-state index is 4.62. The predicted octanol–water partition coefficient (Wildman–Crippen LogP) is 5.36. The number of thiophene rings is 1. The maximum absolute atomic E-state index is 4.62. The lowest BCUT2D eigenvalue weighted by atomic mass is 10.1. The number of hydrogen-bond donors (Lipinski definition) is 2. The lowest BCUT2D eigenvalue weighted by Gasteiger charge is -2.12. The molecule has 0 spiro atoms. The van der Waals surface area contributed by atoms with E-state index in [1.807, 2.05) is 55.9 Å². The Morgan fingerprint density at radius 1 is 0.906 bits per heavy atom. The zero-order chi connectivity index (χ0) is 21.7. The van der Waals surface area contributed by atoms with Gasteiger partial charge in [-0.05, 0) is 35.7 Å². The van der Waals surface area contributed by atoms with Crippen molar-refractivity contribution in [1.29, 1.82) is 0 Å². The summed E-state index contributed by atoms with van der Waals surface area (Å²) in [7, 11) is 4.01. The normalized spacial score (nSPS) is 11.4. The molecule has 0 atom stereocenters. The van der Waals surface area contributed by atoms with Crippen LogP contribution in [0.2, 0.25) is 0 Å². The molecular formula is C24H19N7S. The summed E-state index contributed by atoms with van der Waals surface area (Å²) < 4.78 is 0. The summed E-state index contributed by atoms with van der Waals surface area (Å²) in [4.78, 5) is 20.3. The molecule has 6 aromatic rings. The molecule has 6 rings (SSSR count). The third-order valence-corrected chi connectivity index (χ3v) is 6.42. The number of rotatable bonds is 4. The summed E-state index contributed by atoms with van der Waals surface area (Å²) in [5.74, 6) is 0. The van der Waals surface area contributed by atoms with Gasteiger partial charge in [-0.2, -0.15) is 5.10 Å². The minimum Gasteiger partial charge on any atom is -0.376 e. The van der Waals surface area contributed by atoms with E-state index in [0.717, 1.165) is 60.7 Å². The summed E-state index contributed by atoms with van der Waals surface area (Å²) >= 11 is 1.69. The van der Waals surface area contributed by atoms with Gasteiger partial charge in [0.05, 0.1) is 28.1 Å². The Hall–Kier alpha value is -4.04. The molecule has 0 unspecified atom stereocenters. The molecule has 32 heavy (non-hydrogen) atoms. The number of pyridine rings is 3. The molecule has 0 aromatic carbocycles. The van der Waals surface area contributed by atoms with Crippen LogP contribution in [0.4, 0.5) is 5.69 Å². The van der Waals surface area contributed by atoms with Gasteiger partial charge in [0.15, 0.2) is 5.65 Å². The van der Waals surface area contributed by atoms with Crippen molar-refractivity contribution in [2.75, 3.05) is 19.0 Å². The highest BCUT2D eigenvalue weighted by atomic mass is 32.1. The fourth-order valence-corrected chi connectivity index (χ4v) is 4.62. The Bertz CT molecular complexity index is 1560. The zero-order valence-corrected chi connectivity index (χ0v) is 18.3. The van der Waals surface area contributed by atoms with Gasteiger partial charge in [0.25, 0.3) is 0 Å². The van der Waals surface area contributed by atoms with Crippen molar-refractivity contribution in [2.24, 2.45) is 0 Å². The van der Waals surface area contributed by atoms with Crippen LogP contribution in [0.5, 0.6) is 0 Å². The van der Waals surface area contributed by atoms with E-state index in [-0.39, 0.29) is 0 Å². The van der Waals surface area contributed by atoms with Gasteiger partial charge in [0.1, 0.15) is 5.69 Å². The molecule has 6 aromatic heterocycles. The molecule has 2 N–H and O–H groups in total. The number of anilines is 1. The maximum Gasteiger partial charge on any atom is 0.155 e. The van der Waals surface area contributed by atoms with Gasteiger partial charge in [0, 0.05) is 60.1 Å². The van der Waals surface area contributed by atoms with Gasteiger partial charge in [-0.3, -0.25) is 15.1 Å². The molecule has 0 radical (unpaired) electrons. The van der Waals surface area contributed by atoms with Crippen molar-refractivity contribution in [2.45, 2.75) is 0 Å². The second-order valence-electron chi connectivity index (χ2n) is 7.80. The minimum atomic E-state index is 0.746. The van der Waals surface area contributed by atoms with Gasteiger partial charge >= 0.3 is 0 Å². The van der Waals surface area contributed by atoms with Crippen molar-refractivity contribution < 1.29 is 0 Å². The molecule has 0 aliphatic rings. The molecule has 0 bridgehead atoms. The molecule has 0 fully saturated rings. The van der Waals surface area contributed by atoms with Gasteiger partial charge in [0.2, 0.25) is 0 Å². The minimum absolute atomic E-state index is 0.746. The molecule has 7 nitrogen and oxygen atoms in total. The van der Waals surface area contributed by atoms with Gasteiger partial charge < -0.3 is 9.88 Å². The molecule has 0 aliphatic heterocycles. The summed E-state index contributed by atoms with van der Waals surface area (Å²) in [6.07, 6.45) is 7.40. The lowest BCUT2D eigenvalue weighted by molar-refractivity contribution is 1.10. The van der Waals surface area contributed by atoms with Crippen LogP contribution in [0.3, 0.4) is 0 Å². The van der Waals surface area contributed by atoms with Crippen LogP contribution in [0.15, 0.2) is 66.6 Å². The first-order valence-corrected chi connectivity index (χ1v) is 11.0. The van der Waals surface area contributed by atoms with Crippen LogP contribution in [-0.4, -0.2) is 44.2 Å². The zero-order valence-electron chi connectivity index (χ0n) is 17.5. The monoisotopic (exact) mass is 437 g/mol. The SMILES string of the molecule is CN(C)c1cncc(-c2cnc3[nH]nc(-c4cc5c(-c6cccs6)nccc5[nH]4)c3c2)c1. The Kier molecular flexibility index (Phi) is 4.26. The first-order chi connectivity index (χ1) is 15.7. The molecule has 0 saturated heterocycles. The highest BCUT2D eigenvalue weighted by Gasteiger charge is 2.16. The fraction of sp³-hybridized carbons (Fsp3) is 0.0833. The first-order valence-electron chi connectivity index (χ1n) is 10.2. The van der Waals surface area contributed by atoms with Crippen molar-refractivity contribution in [3.63, 3.8) is 0 Å². The third kappa shape index (κ3) is 3.04. The Labute approximate surface area is 187 Å². The van der Waals surface area contributed by atoms with Crippen LogP contribution < -0.4 is 4.90 Å². The summed E-state index contributed by atoms with van der Waals surface area (Å²) in [5, 5.41) is 11.7. The lowest BCUT2D eigenvalue weighted by Crippen LogP contribution is -2.08. The van der Waals surface area contributed by atoms with Crippen molar-refractivity contribution >= 4 is 39.0 Å². The second-order valence-corrected chi connectivity index (χ2v) is 8.75. The number of hydrogen-bond acceptors (Lipinski definition) is 6. The first kappa shape index (κ1) is 18.7. The summed E-state index contributed by atoms with van der Waals surface area (Å²) in [5.41, 5.74) is 7.56. The molecule has 8 heteroatoms. The summed E-state index contributed by atoms with van der Waals surface area (Å²) in [6.45, 7) is 0. The number of H-pyrrole nitrogens is 2. The van der Waals surface area contributed by atoms with Crippen LogP contribution in [0, 0.1) is 0 Å². The quantitative estimate of drug-likeness (QED) is 0.388. The average Bonchev–Trinajstić information content (AvgIpc) is 3.57. The van der Waals surface area contributed by atoms with E-state index in [4.69, 9.17) is 0 Å². The second kappa shape index (κ2) is 7.28.